The molecule has 1 unspecified atom stereocenters. The fraction of sp³-hybridized carbons (Fsp3) is 0.429. The molecule has 2 heteroatoms. The predicted octanol–water partition coefficient (Wildman–Crippen LogP) is 4.37. The smallest absolute Gasteiger partial charge is 0.0804 e. The maximum Gasteiger partial charge on any atom is 0.0804 e. The Morgan fingerprint density at radius 2 is 1.94 bits per heavy atom. The number of aliphatic hydroxyl groups excluding tert-OH is 1. The van der Waals surface area contributed by atoms with Gasteiger partial charge in [0.05, 0.1) is 6.10 Å². The molecule has 0 saturated heterocycles. The third-order valence-electron chi connectivity index (χ3n) is 2.89. The molecule has 0 fully saturated rings. The molecule has 0 amide bonds. The third-order valence-corrected chi connectivity index (χ3v) is 3.87. The van der Waals surface area contributed by atoms with Gasteiger partial charge in [0.2, 0.25) is 0 Å². The fourth-order valence-electron chi connectivity index (χ4n) is 1.90. The molecule has 1 heterocycles. The van der Waals surface area contributed by atoms with Crippen molar-refractivity contribution in [2.24, 2.45) is 5.92 Å². The van der Waals surface area contributed by atoms with Crippen LogP contribution in [0.15, 0.2) is 29.6 Å². The molecule has 0 saturated carbocycles. The summed E-state index contributed by atoms with van der Waals surface area (Å²) in [7, 11) is 0. The van der Waals surface area contributed by atoms with Crippen LogP contribution in [0.25, 0.3) is 10.1 Å². The molecule has 1 atom stereocenters. The summed E-state index contributed by atoms with van der Waals surface area (Å²) in [5, 5.41) is 13.5. The number of rotatable bonds is 4. The van der Waals surface area contributed by atoms with Crippen LogP contribution in [0.3, 0.4) is 0 Å². The van der Waals surface area contributed by atoms with Gasteiger partial charge < -0.3 is 5.11 Å². The molecule has 0 aliphatic heterocycles. The van der Waals surface area contributed by atoms with Crippen molar-refractivity contribution in [1.29, 1.82) is 0 Å². The SMILES string of the molecule is CC(C)CCC(O)c1csc2ccccc12. The lowest BCUT2D eigenvalue weighted by atomic mass is 9.99. The van der Waals surface area contributed by atoms with Gasteiger partial charge in [0.15, 0.2) is 0 Å². The minimum Gasteiger partial charge on any atom is -0.388 e. The highest BCUT2D eigenvalue weighted by molar-refractivity contribution is 7.17. The molecule has 2 rings (SSSR count). The van der Waals surface area contributed by atoms with Gasteiger partial charge in [-0.15, -0.1) is 11.3 Å². The highest BCUT2D eigenvalue weighted by atomic mass is 32.1. The van der Waals surface area contributed by atoms with Gasteiger partial charge in [-0.3, -0.25) is 0 Å². The van der Waals surface area contributed by atoms with Gasteiger partial charge in [-0.25, -0.2) is 0 Å². The Morgan fingerprint density at radius 3 is 2.69 bits per heavy atom. The van der Waals surface area contributed by atoms with Gasteiger partial charge in [0.25, 0.3) is 0 Å². The van der Waals surface area contributed by atoms with Crippen molar-refractivity contribution in [2.75, 3.05) is 0 Å². The van der Waals surface area contributed by atoms with Crippen LogP contribution in [0.2, 0.25) is 0 Å². The van der Waals surface area contributed by atoms with Crippen molar-refractivity contribution in [2.45, 2.75) is 32.8 Å². The van der Waals surface area contributed by atoms with E-state index < -0.39 is 0 Å². The molecule has 1 aromatic heterocycles. The van der Waals surface area contributed by atoms with Crippen LogP contribution in [0, 0.1) is 5.92 Å². The number of thiophene rings is 1. The van der Waals surface area contributed by atoms with E-state index in [1.165, 1.54) is 10.1 Å². The van der Waals surface area contributed by atoms with Crippen LogP contribution < -0.4 is 0 Å². The summed E-state index contributed by atoms with van der Waals surface area (Å²) in [4.78, 5) is 0. The highest BCUT2D eigenvalue weighted by Crippen LogP contribution is 2.32. The molecule has 0 spiro atoms. The molecule has 1 nitrogen and oxygen atoms in total. The zero-order valence-electron chi connectivity index (χ0n) is 9.81. The van der Waals surface area contributed by atoms with Gasteiger partial charge in [0.1, 0.15) is 0 Å². The minimum atomic E-state index is -0.307. The average Bonchev–Trinajstić information content (AvgIpc) is 2.69. The zero-order chi connectivity index (χ0) is 11.5. The lowest BCUT2D eigenvalue weighted by molar-refractivity contribution is 0.161. The van der Waals surface area contributed by atoms with Gasteiger partial charge in [-0.2, -0.15) is 0 Å². The first kappa shape index (κ1) is 11.6. The Labute approximate surface area is 101 Å². The van der Waals surface area contributed by atoms with Crippen LogP contribution in [0.4, 0.5) is 0 Å². The Hall–Kier alpha value is -0.860. The van der Waals surface area contributed by atoms with E-state index in [2.05, 4.69) is 31.4 Å². The van der Waals surface area contributed by atoms with Crippen molar-refractivity contribution < 1.29 is 5.11 Å². The highest BCUT2D eigenvalue weighted by Gasteiger charge is 2.13. The van der Waals surface area contributed by atoms with E-state index in [0.29, 0.717) is 5.92 Å². The summed E-state index contributed by atoms with van der Waals surface area (Å²) < 4.78 is 1.26. The summed E-state index contributed by atoms with van der Waals surface area (Å²) in [5.74, 6) is 0.652. The predicted molar refractivity (Wildman–Crippen MR) is 70.9 cm³/mol. The Balaban J connectivity index is 2.19. The standard InChI is InChI=1S/C14H18OS/c1-10(2)7-8-13(15)12-9-16-14-6-4-3-5-11(12)14/h3-6,9-10,13,15H,7-8H2,1-2H3. The van der Waals surface area contributed by atoms with Crippen molar-refractivity contribution in [3.8, 4) is 0 Å². The van der Waals surface area contributed by atoms with E-state index in [9.17, 15) is 5.11 Å². The Morgan fingerprint density at radius 1 is 1.19 bits per heavy atom. The normalized spacial score (nSPS) is 13.5. The average molecular weight is 234 g/mol. The molecular weight excluding hydrogens is 216 g/mol. The zero-order valence-corrected chi connectivity index (χ0v) is 10.6. The van der Waals surface area contributed by atoms with Gasteiger partial charge >= 0.3 is 0 Å². The molecule has 16 heavy (non-hydrogen) atoms. The summed E-state index contributed by atoms with van der Waals surface area (Å²) >= 11 is 1.72. The molecule has 86 valence electrons. The van der Waals surface area contributed by atoms with E-state index in [1.54, 1.807) is 11.3 Å². The monoisotopic (exact) mass is 234 g/mol. The van der Waals surface area contributed by atoms with E-state index in [1.807, 2.05) is 12.1 Å². The summed E-state index contributed by atoms with van der Waals surface area (Å²) in [6.07, 6.45) is 1.63. The van der Waals surface area contributed by atoms with Crippen LogP contribution in [-0.2, 0) is 0 Å². The second kappa shape index (κ2) is 4.98. The number of aliphatic hydroxyl groups is 1. The second-order valence-electron chi connectivity index (χ2n) is 4.67. The van der Waals surface area contributed by atoms with Crippen LogP contribution in [0.5, 0.6) is 0 Å². The molecule has 0 bridgehead atoms. The van der Waals surface area contributed by atoms with Gasteiger partial charge in [0, 0.05) is 4.70 Å². The first-order valence-electron chi connectivity index (χ1n) is 5.82. The topological polar surface area (TPSA) is 20.2 Å². The lowest BCUT2D eigenvalue weighted by Gasteiger charge is -2.11. The van der Waals surface area contributed by atoms with Crippen LogP contribution in [-0.4, -0.2) is 5.11 Å². The summed E-state index contributed by atoms with van der Waals surface area (Å²) in [5.41, 5.74) is 1.10. The van der Waals surface area contributed by atoms with Crippen molar-refractivity contribution in [3.63, 3.8) is 0 Å². The molecule has 2 aromatic rings. The fourth-order valence-corrected chi connectivity index (χ4v) is 2.91. The molecule has 1 aromatic carbocycles. The van der Waals surface area contributed by atoms with Crippen molar-refractivity contribution in [3.05, 3.63) is 35.2 Å². The second-order valence-corrected chi connectivity index (χ2v) is 5.59. The summed E-state index contributed by atoms with van der Waals surface area (Å²) in [6, 6.07) is 8.29. The van der Waals surface area contributed by atoms with E-state index >= 15 is 0 Å². The molecule has 0 aliphatic rings. The molecule has 1 N–H and O–H groups in total. The number of benzene rings is 1. The molecule has 0 aliphatic carbocycles. The largest absolute Gasteiger partial charge is 0.388 e. The first-order chi connectivity index (χ1) is 7.68. The number of hydrogen-bond donors (Lipinski definition) is 1. The maximum absolute atomic E-state index is 10.2. The van der Waals surface area contributed by atoms with Crippen LogP contribution >= 0.6 is 11.3 Å². The molecule has 0 radical (unpaired) electrons. The van der Waals surface area contributed by atoms with E-state index in [4.69, 9.17) is 0 Å². The maximum atomic E-state index is 10.2. The molecular formula is C14H18OS. The van der Waals surface area contributed by atoms with E-state index in [-0.39, 0.29) is 6.10 Å². The third kappa shape index (κ3) is 2.45. The van der Waals surface area contributed by atoms with Gasteiger partial charge in [-0.1, -0.05) is 32.0 Å². The van der Waals surface area contributed by atoms with Crippen molar-refractivity contribution >= 4 is 21.4 Å². The first-order valence-corrected chi connectivity index (χ1v) is 6.70. The van der Waals surface area contributed by atoms with Crippen molar-refractivity contribution in [1.82, 2.24) is 0 Å². The Bertz CT molecular complexity index is 458. The Kier molecular flexibility index (Phi) is 3.62. The summed E-state index contributed by atoms with van der Waals surface area (Å²) in [6.45, 7) is 4.39. The lowest BCUT2D eigenvalue weighted by Crippen LogP contribution is -1.98. The minimum absolute atomic E-state index is 0.307. The number of fused-ring (bicyclic) bond motifs is 1. The van der Waals surface area contributed by atoms with E-state index in [0.717, 1.165) is 18.4 Å². The quantitative estimate of drug-likeness (QED) is 0.832. The number of hydrogen-bond acceptors (Lipinski definition) is 2. The van der Waals surface area contributed by atoms with Gasteiger partial charge in [-0.05, 0) is 41.2 Å². The van der Waals surface area contributed by atoms with Crippen LogP contribution in [0.1, 0.15) is 38.4 Å².